The lowest BCUT2D eigenvalue weighted by Gasteiger charge is -2.06. The lowest BCUT2D eigenvalue weighted by Crippen LogP contribution is -2.31. The van der Waals surface area contributed by atoms with Crippen molar-refractivity contribution < 1.29 is 9.59 Å². The van der Waals surface area contributed by atoms with Gasteiger partial charge in [0.2, 0.25) is 11.8 Å². The van der Waals surface area contributed by atoms with E-state index in [2.05, 4.69) is 15.6 Å². The van der Waals surface area contributed by atoms with Gasteiger partial charge in [0.25, 0.3) is 0 Å². The Labute approximate surface area is 151 Å². The molecule has 0 radical (unpaired) electrons. The summed E-state index contributed by atoms with van der Waals surface area (Å²) in [5, 5.41) is 6.45. The van der Waals surface area contributed by atoms with Gasteiger partial charge in [0.15, 0.2) is 0 Å². The van der Waals surface area contributed by atoms with Gasteiger partial charge in [-0.25, -0.2) is 0 Å². The average molecular weight is 358 g/mol. The maximum absolute atomic E-state index is 12.1. The minimum Gasteiger partial charge on any atom is -0.356 e. The van der Waals surface area contributed by atoms with Crippen LogP contribution in [-0.4, -0.2) is 23.3 Å². The zero-order chi connectivity index (χ0) is 17.6. The fourth-order valence-electron chi connectivity index (χ4n) is 2.75. The summed E-state index contributed by atoms with van der Waals surface area (Å²) in [6.07, 6.45) is 4.74. The molecule has 0 aliphatic heterocycles. The molecule has 2 atom stereocenters. The van der Waals surface area contributed by atoms with Crippen molar-refractivity contribution in [3.8, 4) is 0 Å². The molecule has 0 saturated heterocycles. The number of carbonyl (C=O) groups excluding carboxylic acids is 2. The van der Waals surface area contributed by atoms with Crippen LogP contribution < -0.4 is 10.6 Å². The van der Waals surface area contributed by atoms with Crippen LogP contribution in [0.5, 0.6) is 0 Å². The molecule has 1 aromatic carbocycles. The van der Waals surface area contributed by atoms with Gasteiger partial charge in [-0.3, -0.25) is 14.6 Å². The number of aromatic nitrogens is 1. The first-order valence-corrected chi connectivity index (χ1v) is 8.70. The van der Waals surface area contributed by atoms with Crippen molar-refractivity contribution in [2.45, 2.75) is 19.4 Å². The summed E-state index contributed by atoms with van der Waals surface area (Å²) in [6, 6.07) is 11.3. The molecule has 2 unspecified atom stereocenters. The number of nitrogens with one attached hydrogen (secondary N) is 2. The maximum atomic E-state index is 12.1. The first kappa shape index (κ1) is 17.4. The molecule has 2 aromatic rings. The van der Waals surface area contributed by atoms with Crippen molar-refractivity contribution in [2.24, 2.45) is 11.8 Å². The van der Waals surface area contributed by atoms with Crippen LogP contribution in [0, 0.1) is 11.8 Å². The summed E-state index contributed by atoms with van der Waals surface area (Å²) in [5.41, 5.74) is 2.02. The number of hydrogen-bond acceptors (Lipinski definition) is 3. The summed E-state index contributed by atoms with van der Waals surface area (Å²) in [4.78, 5) is 28.2. The molecule has 2 amide bonds. The van der Waals surface area contributed by atoms with E-state index in [1.54, 1.807) is 12.4 Å². The third kappa shape index (κ3) is 5.03. The zero-order valence-electron chi connectivity index (χ0n) is 13.7. The standard InChI is InChI=1S/C19H20ClN3O2/c20-15-5-1-3-13(9-15)6-8-22-18(24)16-10-17(16)19(25)23-12-14-4-2-7-21-11-14/h1-5,7,9,11,16-17H,6,8,10,12H2,(H,22,24)(H,23,25). The average Bonchev–Trinajstić information content (AvgIpc) is 3.41. The molecule has 2 N–H and O–H groups in total. The van der Waals surface area contributed by atoms with Crippen molar-refractivity contribution in [2.75, 3.05) is 6.54 Å². The molecule has 3 rings (SSSR count). The van der Waals surface area contributed by atoms with Crippen LogP contribution in [0.3, 0.4) is 0 Å². The highest BCUT2D eigenvalue weighted by molar-refractivity contribution is 6.30. The number of pyridine rings is 1. The van der Waals surface area contributed by atoms with Gasteiger partial charge in [0.1, 0.15) is 0 Å². The summed E-state index contributed by atoms with van der Waals surface area (Å²) < 4.78 is 0. The van der Waals surface area contributed by atoms with Crippen molar-refractivity contribution in [3.63, 3.8) is 0 Å². The molecular formula is C19H20ClN3O2. The molecule has 5 nitrogen and oxygen atoms in total. The fraction of sp³-hybridized carbons (Fsp3) is 0.316. The van der Waals surface area contributed by atoms with Crippen molar-refractivity contribution >= 4 is 23.4 Å². The van der Waals surface area contributed by atoms with Gasteiger partial charge in [-0.1, -0.05) is 29.8 Å². The van der Waals surface area contributed by atoms with E-state index in [9.17, 15) is 9.59 Å². The van der Waals surface area contributed by atoms with Crippen molar-refractivity contribution in [1.82, 2.24) is 15.6 Å². The first-order valence-electron chi connectivity index (χ1n) is 8.32. The Morgan fingerprint density at radius 1 is 1.08 bits per heavy atom. The van der Waals surface area contributed by atoms with Gasteiger partial charge in [-0.05, 0) is 42.2 Å². The van der Waals surface area contributed by atoms with E-state index in [0.717, 1.165) is 17.5 Å². The van der Waals surface area contributed by atoms with Gasteiger partial charge >= 0.3 is 0 Å². The quantitative estimate of drug-likeness (QED) is 0.799. The Morgan fingerprint density at radius 2 is 1.84 bits per heavy atom. The summed E-state index contributed by atoms with van der Waals surface area (Å²) in [7, 11) is 0. The van der Waals surface area contributed by atoms with Crippen LogP contribution >= 0.6 is 11.6 Å². The van der Waals surface area contributed by atoms with Gasteiger partial charge in [0.05, 0.1) is 11.8 Å². The first-order chi connectivity index (χ1) is 12.1. The predicted octanol–water partition coefficient (Wildman–Crippen LogP) is 2.35. The third-order valence-corrected chi connectivity index (χ3v) is 4.49. The Bertz CT molecular complexity index is 751. The maximum Gasteiger partial charge on any atom is 0.224 e. The lowest BCUT2D eigenvalue weighted by atomic mass is 10.1. The van der Waals surface area contributed by atoms with E-state index in [0.29, 0.717) is 24.5 Å². The molecular weight excluding hydrogens is 338 g/mol. The number of hydrogen-bond donors (Lipinski definition) is 2. The molecule has 1 aromatic heterocycles. The third-order valence-electron chi connectivity index (χ3n) is 4.26. The van der Waals surface area contributed by atoms with Crippen LogP contribution in [0.25, 0.3) is 0 Å². The predicted molar refractivity (Wildman–Crippen MR) is 95.8 cm³/mol. The Hall–Kier alpha value is -2.40. The van der Waals surface area contributed by atoms with Gasteiger partial charge < -0.3 is 10.6 Å². The highest BCUT2D eigenvalue weighted by Gasteiger charge is 2.47. The van der Waals surface area contributed by atoms with E-state index < -0.39 is 0 Å². The normalized spacial score (nSPS) is 18.4. The van der Waals surface area contributed by atoms with E-state index in [4.69, 9.17) is 11.6 Å². The Morgan fingerprint density at radius 3 is 2.56 bits per heavy atom. The molecule has 1 heterocycles. The van der Waals surface area contributed by atoms with Crippen LogP contribution in [0.15, 0.2) is 48.8 Å². The number of amides is 2. The second kappa shape index (κ2) is 8.12. The molecule has 130 valence electrons. The number of benzene rings is 1. The molecule has 25 heavy (non-hydrogen) atoms. The van der Waals surface area contributed by atoms with Gasteiger partial charge in [-0.2, -0.15) is 0 Å². The van der Waals surface area contributed by atoms with Crippen molar-refractivity contribution in [3.05, 3.63) is 64.9 Å². The topological polar surface area (TPSA) is 71.1 Å². The monoisotopic (exact) mass is 357 g/mol. The summed E-state index contributed by atoms with van der Waals surface area (Å²) in [6.45, 7) is 0.978. The molecule has 1 aliphatic rings. The largest absolute Gasteiger partial charge is 0.356 e. The van der Waals surface area contributed by atoms with E-state index in [1.807, 2.05) is 36.4 Å². The van der Waals surface area contributed by atoms with E-state index in [-0.39, 0.29) is 23.7 Å². The number of halogens is 1. The second-order valence-corrected chi connectivity index (χ2v) is 6.64. The van der Waals surface area contributed by atoms with Crippen LogP contribution in [-0.2, 0) is 22.6 Å². The van der Waals surface area contributed by atoms with Gasteiger partial charge in [0, 0.05) is 30.5 Å². The number of carbonyl (C=O) groups is 2. The molecule has 6 heteroatoms. The molecule has 1 aliphatic carbocycles. The molecule has 0 spiro atoms. The lowest BCUT2D eigenvalue weighted by molar-refractivity contribution is -0.127. The molecule has 1 saturated carbocycles. The SMILES string of the molecule is O=C(NCCc1cccc(Cl)c1)C1CC1C(=O)NCc1cccnc1. The minimum absolute atomic E-state index is 0.0523. The highest BCUT2D eigenvalue weighted by atomic mass is 35.5. The van der Waals surface area contributed by atoms with Gasteiger partial charge in [-0.15, -0.1) is 0 Å². The highest BCUT2D eigenvalue weighted by Crippen LogP contribution is 2.38. The Kier molecular flexibility index (Phi) is 5.66. The Balaban J connectivity index is 1.37. The van der Waals surface area contributed by atoms with Crippen molar-refractivity contribution in [1.29, 1.82) is 0 Å². The number of rotatable bonds is 7. The van der Waals surface area contributed by atoms with E-state index >= 15 is 0 Å². The summed E-state index contributed by atoms with van der Waals surface area (Å²) >= 11 is 5.94. The van der Waals surface area contributed by atoms with Crippen LogP contribution in [0.1, 0.15) is 17.5 Å². The minimum atomic E-state index is -0.220. The smallest absolute Gasteiger partial charge is 0.224 e. The van der Waals surface area contributed by atoms with Crippen LogP contribution in [0.4, 0.5) is 0 Å². The van der Waals surface area contributed by atoms with E-state index in [1.165, 1.54) is 0 Å². The molecule has 1 fully saturated rings. The summed E-state index contributed by atoms with van der Waals surface area (Å²) in [5.74, 6) is -0.557. The van der Waals surface area contributed by atoms with Crippen LogP contribution in [0.2, 0.25) is 5.02 Å². The molecule has 0 bridgehead atoms. The number of nitrogens with zero attached hydrogens (tertiary/aromatic N) is 1. The zero-order valence-corrected chi connectivity index (χ0v) is 14.5. The fourth-order valence-corrected chi connectivity index (χ4v) is 2.96. The second-order valence-electron chi connectivity index (χ2n) is 6.20.